The van der Waals surface area contributed by atoms with Crippen LogP contribution in [0.1, 0.15) is 6.42 Å². The lowest BCUT2D eigenvalue weighted by Crippen LogP contribution is -2.21. The van der Waals surface area contributed by atoms with Crippen LogP contribution in [0.2, 0.25) is 0 Å². The molecule has 1 N–H and O–H groups in total. The largest absolute Gasteiger partial charge is 0.315 e. The third-order valence-corrected chi connectivity index (χ3v) is 1.56. The van der Waals surface area contributed by atoms with E-state index in [4.69, 9.17) is 0 Å². The van der Waals surface area contributed by atoms with E-state index < -0.39 is 0 Å². The fraction of sp³-hybridized carbons (Fsp3) is 0.625. The molecule has 1 rings (SSSR count). The highest BCUT2D eigenvalue weighted by molar-refractivity contribution is 4.77. The summed E-state index contributed by atoms with van der Waals surface area (Å²) < 4.78 is 13.5. The van der Waals surface area contributed by atoms with Gasteiger partial charge in [0.15, 0.2) is 0 Å². The van der Waals surface area contributed by atoms with Gasteiger partial charge in [-0.2, -0.15) is 5.10 Å². The Labute approximate surface area is 71.6 Å². The topological polar surface area (TPSA) is 29.9 Å². The molecule has 0 amide bonds. The van der Waals surface area contributed by atoms with Crippen LogP contribution < -0.4 is 5.32 Å². The number of rotatable bonds is 6. The molecule has 68 valence electrons. The summed E-state index contributed by atoms with van der Waals surface area (Å²) in [6, 6.07) is 1.89. The van der Waals surface area contributed by atoms with E-state index >= 15 is 0 Å². The smallest absolute Gasteiger partial charge is 0.0906 e. The third-order valence-electron chi connectivity index (χ3n) is 1.56. The first-order chi connectivity index (χ1) is 5.93. The lowest BCUT2D eigenvalue weighted by molar-refractivity contribution is 0.452. The molecule has 0 aliphatic rings. The number of halogens is 1. The predicted molar refractivity (Wildman–Crippen MR) is 45.7 cm³/mol. The molecule has 0 bridgehead atoms. The molecule has 3 nitrogen and oxygen atoms in total. The van der Waals surface area contributed by atoms with Gasteiger partial charge in [-0.1, -0.05) is 0 Å². The zero-order valence-corrected chi connectivity index (χ0v) is 7.04. The monoisotopic (exact) mass is 171 g/mol. The Morgan fingerprint density at radius 3 is 3.00 bits per heavy atom. The van der Waals surface area contributed by atoms with E-state index in [0.29, 0.717) is 6.42 Å². The number of nitrogens with one attached hydrogen (secondary N) is 1. The highest BCUT2D eigenvalue weighted by Gasteiger charge is 1.89. The second-order valence-electron chi connectivity index (χ2n) is 2.56. The Hall–Kier alpha value is -0.900. The van der Waals surface area contributed by atoms with Crippen LogP contribution in [0.5, 0.6) is 0 Å². The van der Waals surface area contributed by atoms with Crippen LogP contribution in [0.15, 0.2) is 18.5 Å². The summed E-state index contributed by atoms with van der Waals surface area (Å²) in [5.74, 6) is 0. The number of alkyl halides is 1. The Balaban J connectivity index is 1.96. The molecule has 0 saturated carbocycles. The molecule has 1 aromatic rings. The van der Waals surface area contributed by atoms with E-state index in [0.717, 1.165) is 19.6 Å². The molecule has 1 heterocycles. The fourth-order valence-electron chi connectivity index (χ4n) is 0.943. The van der Waals surface area contributed by atoms with Crippen LogP contribution >= 0.6 is 0 Å². The minimum absolute atomic E-state index is 0.241. The quantitative estimate of drug-likeness (QED) is 0.642. The Kier molecular flexibility index (Phi) is 4.37. The van der Waals surface area contributed by atoms with Gasteiger partial charge in [0.2, 0.25) is 0 Å². The summed E-state index contributed by atoms with van der Waals surface area (Å²) in [6.45, 7) is 2.20. The molecule has 0 atom stereocenters. The van der Waals surface area contributed by atoms with Crippen LogP contribution in [0.3, 0.4) is 0 Å². The van der Waals surface area contributed by atoms with Gasteiger partial charge in [-0.05, 0) is 19.0 Å². The van der Waals surface area contributed by atoms with Crippen LogP contribution in [0.25, 0.3) is 0 Å². The molecule has 0 aromatic carbocycles. The molecule has 0 unspecified atom stereocenters. The van der Waals surface area contributed by atoms with Crippen molar-refractivity contribution in [3.05, 3.63) is 18.5 Å². The molecule has 4 heteroatoms. The molecule has 12 heavy (non-hydrogen) atoms. The van der Waals surface area contributed by atoms with Gasteiger partial charge in [-0.15, -0.1) is 0 Å². The maximum atomic E-state index is 11.6. The lowest BCUT2D eigenvalue weighted by atomic mass is 10.4. The maximum Gasteiger partial charge on any atom is 0.0906 e. The Morgan fingerprint density at radius 1 is 1.42 bits per heavy atom. The zero-order chi connectivity index (χ0) is 8.65. The second kappa shape index (κ2) is 5.71. The first-order valence-electron chi connectivity index (χ1n) is 4.17. The predicted octanol–water partition coefficient (Wildman–Crippen LogP) is 0.832. The van der Waals surface area contributed by atoms with E-state index in [2.05, 4.69) is 10.4 Å². The van der Waals surface area contributed by atoms with Crippen molar-refractivity contribution in [3.63, 3.8) is 0 Å². The Morgan fingerprint density at radius 2 is 2.33 bits per heavy atom. The SMILES string of the molecule is FCCCNCCn1cccn1. The van der Waals surface area contributed by atoms with Crippen molar-refractivity contribution in [3.8, 4) is 0 Å². The molecule has 0 aliphatic heterocycles. The van der Waals surface area contributed by atoms with Crippen LogP contribution in [-0.4, -0.2) is 29.5 Å². The zero-order valence-electron chi connectivity index (χ0n) is 7.04. The van der Waals surface area contributed by atoms with Crippen molar-refractivity contribution in [1.82, 2.24) is 15.1 Å². The molecule has 0 radical (unpaired) electrons. The van der Waals surface area contributed by atoms with E-state index in [1.165, 1.54) is 0 Å². The fourth-order valence-corrected chi connectivity index (χ4v) is 0.943. The molecular formula is C8H14FN3. The normalized spacial score (nSPS) is 10.4. The molecule has 1 aromatic heterocycles. The lowest BCUT2D eigenvalue weighted by Gasteiger charge is -2.02. The average molecular weight is 171 g/mol. The first kappa shape index (κ1) is 9.19. The summed E-state index contributed by atoms with van der Waals surface area (Å²) in [5, 5.41) is 7.16. The molecular weight excluding hydrogens is 157 g/mol. The van der Waals surface area contributed by atoms with Gasteiger partial charge in [0, 0.05) is 18.9 Å². The van der Waals surface area contributed by atoms with Crippen molar-refractivity contribution >= 4 is 0 Å². The molecule has 0 saturated heterocycles. The van der Waals surface area contributed by atoms with Gasteiger partial charge in [-0.25, -0.2) is 0 Å². The third kappa shape index (κ3) is 3.48. The number of hydrogen-bond acceptors (Lipinski definition) is 2. The van der Waals surface area contributed by atoms with Gasteiger partial charge in [0.25, 0.3) is 0 Å². The Bertz CT molecular complexity index is 186. The summed E-state index contributed by atoms with van der Waals surface area (Å²) in [6.07, 6.45) is 4.26. The highest BCUT2D eigenvalue weighted by atomic mass is 19.1. The van der Waals surface area contributed by atoms with E-state index in [1.54, 1.807) is 6.20 Å². The van der Waals surface area contributed by atoms with Gasteiger partial charge >= 0.3 is 0 Å². The standard InChI is InChI=1S/C8H14FN3/c9-3-1-4-10-6-8-12-7-2-5-11-12/h2,5,7,10H,1,3-4,6,8H2. The molecule has 0 spiro atoms. The number of hydrogen-bond donors (Lipinski definition) is 1. The maximum absolute atomic E-state index is 11.6. The second-order valence-corrected chi connectivity index (χ2v) is 2.56. The molecule has 0 aliphatic carbocycles. The van der Waals surface area contributed by atoms with Gasteiger partial charge < -0.3 is 5.32 Å². The van der Waals surface area contributed by atoms with E-state index in [9.17, 15) is 4.39 Å². The van der Waals surface area contributed by atoms with Crippen molar-refractivity contribution < 1.29 is 4.39 Å². The summed E-state index contributed by atoms with van der Waals surface area (Å²) in [7, 11) is 0. The van der Waals surface area contributed by atoms with Gasteiger partial charge in [-0.3, -0.25) is 9.07 Å². The van der Waals surface area contributed by atoms with Crippen LogP contribution in [0.4, 0.5) is 4.39 Å². The summed E-state index contributed by atoms with van der Waals surface area (Å²) in [5.41, 5.74) is 0. The van der Waals surface area contributed by atoms with Crippen molar-refractivity contribution in [1.29, 1.82) is 0 Å². The van der Waals surface area contributed by atoms with E-state index in [-0.39, 0.29) is 6.67 Å². The van der Waals surface area contributed by atoms with Crippen LogP contribution in [0, 0.1) is 0 Å². The van der Waals surface area contributed by atoms with Crippen molar-refractivity contribution in [2.45, 2.75) is 13.0 Å². The molecule has 0 fully saturated rings. The average Bonchev–Trinajstić information content (AvgIpc) is 2.57. The van der Waals surface area contributed by atoms with Crippen LogP contribution in [-0.2, 0) is 6.54 Å². The highest BCUT2D eigenvalue weighted by Crippen LogP contribution is 1.82. The van der Waals surface area contributed by atoms with E-state index in [1.807, 2.05) is 16.9 Å². The summed E-state index contributed by atoms with van der Waals surface area (Å²) >= 11 is 0. The first-order valence-corrected chi connectivity index (χ1v) is 4.17. The van der Waals surface area contributed by atoms with Gasteiger partial charge in [0.1, 0.15) is 0 Å². The van der Waals surface area contributed by atoms with Crippen molar-refractivity contribution in [2.75, 3.05) is 19.8 Å². The number of nitrogens with zero attached hydrogens (tertiary/aromatic N) is 2. The minimum atomic E-state index is -0.241. The number of aromatic nitrogens is 2. The van der Waals surface area contributed by atoms with Gasteiger partial charge in [0.05, 0.1) is 13.2 Å². The minimum Gasteiger partial charge on any atom is -0.315 e. The summed E-state index contributed by atoms with van der Waals surface area (Å²) in [4.78, 5) is 0. The van der Waals surface area contributed by atoms with Crippen molar-refractivity contribution in [2.24, 2.45) is 0 Å².